The Balaban J connectivity index is 0.000000251. The van der Waals surface area contributed by atoms with Gasteiger partial charge in [-0.1, -0.05) is 118 Å². The van der Waals surface area contributed by atoms with Gasteiger partial charge in [0.15, 0.2) is 0 Å². The third kappa shape index (κ3) is 9.83. The van der Waals surface area contributed by atoms with Crippen LogP contribution >= 0.6 is 0 Å². The van der Waals surface area contributed by atoms with Crippen LogP contribution in [0.1, 0.15) is 75.8 Å². The first-order valence-corrected chi connectivity index (χ1v) is 31.1. The molecule has 0 saturated heterocycles. The molecule has 0 N–H and O–H groups in total. The SMILES string of the molecule is CC(C)Cc1cc(-c2[c-]cccc2)nc[c]1[Ge]([CH3])([CH3])[CH3].Cc1nc(-c2ccccc2)cc2c1nc(-c1[c-]ccc3c1oc1ccccc13)n2-c1c(C(C)C)cc(-c2ccccc2)cc1C(C)C.[Ir]. The van der Waals surface area contributed by atoms with Crippen molar-refractivity contribution in [2.45, 2.75) is 84.0 Å². The van der Waals surface area contributed by atoms with E-state index in [-0.39, 0.29) is 31.9 Å². The largest absolute Gasteiger partial charge is 0.501 e. The predicted octanol–water partition coefficient (Wildman–Crippen LogP) is 16.0. The van der Waals surface area contributed by atoms with Gasteiger partial charge in [0.1, 0.15) is 5.58 Å². The smallest absolute Gasteiger partial charge is 0.120 e. The molecule has 0 aliphatic rings. The molecule has 0 saturated carbocycles. The monoisotopic (exact) mass is 1130 g/mol. The molecule has 10 rings (SSSR count). The molecular weight excluding hydrogens is 1070 g/mol. The van der Waals surface area contributed by atoms with E-state index >= 15 is 0 Å². The van der Waals surface area contributed by atoms with E-state index in [0.29, 0.717) is 5.92 Å². The second-order valence-electron chi connectivity index (χ2n) is 19.8. The molecule has 5 nitrogen and oxygen atoms in total. The number of hydrogen-bond acceptors (Lipinski definition) is 4. The molecule has 0 bridgehead atoms. The van der Waals surface area contributed by atoms with Crippen LogP contribution in [0.2, 0.25) is 17.3 Å². The molecule has 68 heavy (non-hydrogen) atoms. The Morgan fingerprint density at radius 3 is 1.91 bits per heavy atom. The first kappa shape index (κ1) is 48.5. The Bertz CT molecular complexity index is 3320. The maximum atomic E-state index is 6.58. The van der Waals surface area contributed by atoms with Crippen molar-refractivity contribution in [2.75, 3.05) is 0 Å². The van der Waals surface area contributed by atoms with E-state index in [0.717, 1.165) is 79.0 Å². The van der Waals surface area contributed by atoms with Crippen molar-refractivity contribution in [2.24, 2.45) is 5.92 Å². The Kier molecular flexibility index (Phi) is 14.5. The first-order valence-electron chi connectivity index (χ1n) is 23.7. The summed E-state index contributed by atoms with van der Waals surface area (Å²) in [6.45, 7) is 15.8. The summed E-state index contributed by atoms with van der Waals surface area (Å²) in [4.78, 5) is 15.2. The summed E-state index contributed by atoms with van der Waals surface area (Å²) in [5.74, 6) is 9.29. The zero-order valence-corrected chi connectivity index (χ0v) is 45.4. The number of benzene rings is 6. The van der Waals surface area contributed by atoms with Gasteiger partial charge in [-0.3, -0.25) is 9.97 Å². The van der Waals surface area contributed by atoms with Crippen LogP contribution in [0.3, 0.4) is 0 Å². The molecule has 345 valence electrons. The molecule has 0 fully saturated rings. The number of rotatable bonds is 10. The molecule has 0 amide bonds. The molecule has 7 heteroatoms. The summed E-state index contributed by atoms with van der Waals surface area (Å²) in [6.07, 6.45) is 3.27. The van der Waals surface area contributed by atoms with Gasteiger partial charge in [0.2, 0.25) is 0 Å². The number of fused-ring (bicyclic) bond motifs is 4. The van der Waals surface area contributed by atoms with E-state index in [1.807, 2.05) is 42.5 Å². The Hall–Kier alpha value is -5.92. The van der Waals surface area contributed by atoms with E-state index in [9.17, 15) is 0 Å². The molecule has 1 radical (unpaired) electrons. The second-order valence-corrected chi connectivity index (χ2v) is 30.4. The maximum absolute atomic E-state index is 6.58. The number of para-hydroxylation sites is 1. The average molecular weight is 1130 g/mol. The first-order chi connectivity index (χ1) is 32.3. The number of furan rings is 1. The number of aryl methyl sites for hydroxylation is 1. The van der Waals surface area contributed by atoms with E-state index in [2.05, 4.69) is 192 Å². The fourth-order valence-corrected chi connectivity index (χ4v) is 12.7. The zero-order valence-electron chi connectivity index (χ0n) is 40.9. The molecular formula is C61H60GeIrN4O-2. The molecule has 4 heterocycles. The third-order valence-electron chi connectivity index (χ3n) is 12.6. The van der Waals surface area contributed by atoms with Gasteiger partial charge in [-0.25, -0.2) is 0 Å². The van der Waals surface area contributed by atoms with Gasteiger partial charge in [-0.15, -0.1) is 18.2 Å². The summed E-state index contributed by atoms with van der Waals surface area (Å²) in [5, 5.41) is 2.14. The van der Waals surface area contributed by atoms with Crippen molar-refractivity contribution in [1.82, 2.24) is 19.5 Å². The third-order valence-corrected chi connectivity index (χ3v) is 16.9. The predicted molar refractivity (Wildman–Crippen MR) is 284 cm³/mol. The number of hydrogen-bond donors (Lipinski definition) is 0. The van der Waals surface area contributed by atoms with Crippen molar-refractivity contribution < 1.29 is 24.5 Å². The molecule has 4 aromatic heterocycles. The van der Waals surface area contributed by atoms with Crippen molar-refractivity contribution in [3.05, 3.63) is 186 Å². The van der Waals surface area contributed by atoms with Crippen LogP contribution in [0.5, 0.6) is 0 Å². The normalized spacial score (nSPS) is 11.7. The van der Waals surface area contributed by atoms with Crippen molar-refractivity contribution in [3.63, 3.8) is 0 Å². The van der Waals surface area contributed by atoms with Gasteiger partial charge < -0.3 is 8.98 Å². The quantitative estimate of drug-likeness (QED) is 0.101. The van der Waals surface area contributed by atoms with Gasteiger partial charge >= 0.3 is 126 Å². The van der Waals surface area contributed by atoms with Gasteiger partial charge in [-0.05, 0) is 65.3 Å². The van der Waals surface area contributed by atoms with Crippen molar-refractivity contribution >= 4 is 50.6 Å². The number of nitrogens with zero attached hydrogens (tertiary/aromatic N) is 4. The van der Waals surface area contributed by atoms with Crippen LogP contribution < -0.4 is 4.40 Å². The molecule has 10 aromatic rings. The van der Waals surface area contributed by atoms with Crippen molar-refractivity contribution in [1.29, 1.82) is 0 Å². The second kappa shape index (κ2) is 20.4. The van der Waals surface area contributed by atoms with E-state index in [1.54, 1.807) is 4.40 Å². The van der Waals surface area contributed by atoms with Gasteiger partial charge in [0.05, 0.1) is 33.8 Å². The molecule has 0 aliphatic heterocycles. The standard InChI is InChI=1S/C43H36N3O.C18H24GeN.Ir/c1-26(2)35-23-31(29-15-8-6-9-16-29)24-36(27(3)4)41(35)46-38-25-37(30-17-10-7-11-18-30)44-28(5)40(38)45-43(46)34-21-14-20-33-32-19-12-13-22-39(32)47-42(33)34;1-14(2)11-16-12-18(15-9-7-6-8-10-15)20-13-17(16)19(3,4)5;/h6-20,22-27H,1-5H3;6-9,12-14H,11H2,1-5H3;/q2*-1;. The average Bonchev–Trinajstić information content (AvgIpc) is 3.91. The number of imidazole rings is 1. The van der Waals surface area contributed by atoms with Crippen LogP contribution in [-0.4, -0.2) is 32.8 Å². The summed E-state index contributed by atoms with van der Waals surface area (Å²) in [7, 11) is 0. The van der Waals surface area contributed by atoms with Crippen LogP contribution in [0.4, 0.5) is 0 Å². The topological polar surface area (TPSA) is 56.7 Å². The van der Waals surface area contributed by atoms with Gasteiger partial charge in [0, 0.05) is 36.7 Å². The van der Waals surface area contributed by atoms with Crippen LogP contribution in [0, 0.1) is 25.0 Å². The number of aromatic nitrogens is 4. The zero-order chi connectivity index (χ0) is 47.0. The minimum Gasteiger partial charge on any atom is -0.501 e. The van der Waals surface area contributed by atoms with Crippen LogP contribution in [-0.2, 0) is 26.5 Å². The molecule has 0 unspecified atom stereocenters. The molecule has 6 aromatic carbocycles. The van der Waals surface area contributed by atoms with E-state index in [1.165, 1.54) is 33.5 Å². The van der Waals surface area contributed by atoms with Gasteiger partial charge in [0.25, 0.3) is 0 Å². The summed E-state index contributed by atoms with van der Waals surface area (Å²) in [6, 6.07) is 57.5. The van der Waals surface area contributed by atoms with E-state index < -0.39 is 13.3 Å². The minimum atomic E-state index is -1.86. The Morgan fingerprint density at radius 2 is 1.28 bits per heavy atom. The molecule has 0 atom stereocenters. The van der Waals surface area contributed by atoms with Crippen molar-refractivity contribution in [3.8, 4) is 50.7 Å². The van der Waals surface area contributed by atoms with E-state index in [4.69, 9.17) is 19.4 Å². The fourth-order valence-electron chi connectivity index (χ4n) is 9.33. The van der Waals surface area contributed by atoms with Crippen LogP contribution in [0.15, 0.2) is 156 Å². The molecule has 0 spiro atoms. The molecule has 0 aliphatic carbocycles. The maximum Gasteiger partial charge on any atom is 0.120 e. The Morgan fingerprint density at radius 1 is 0.632 bits per heavy atom. The van der Waals surface area contributed by atoms with Gasteiger partial charge in [-0.2, -0.15) is 0 Å². The summed E-state index contributed by atoms with van der Waals surface area (Å²) in [5.41, 5.74) is 17.0. The fraction of sp³-hybridized carbons (Fsp3) is 0.230. The minimum absolute atomic E-state index is 0. The van der Waals surface area contributed by atoms with Crippen LogP contribution in [0.25, 0.3) is 83.7 Å². The number of pyridine rings is 2. The summed E-state index contributed by atoms with van der Waals surface area (Å²) >= 11 is -1.86. The summed E-state index contributed by atoms with van der Waals surface area (Å²) < 4.78 is 10.5. The Labute approximate surface area is 418 Å².